The Labute approximate surface area is 122 Å². The highest BCUT2D eigenvalue weighted by molar-refractivity contribution is 5.78. The second-order valence-corrected chi connectivity index (χ2v) is 5.52. The average molecular weight is 303 g/mol. The summed E-state index contributed by atoms with van der Waals surface area (Å²) in [5, 5.41) is 2.97. The number of nitrogens with zero attached hydrogens (tertiary/aromatic N) is 1. The number of rotatable bonds is 4. The van der Waals surface area contributed by atoms with E-state index in [0.717, 1.165) is 12.1 Å². The van der Waals surface area contributed by atoms with E-state index in [4.69, 9.17) is 10.5 Å². The molecule has 0 aromatic heterocycles. The van der Waals surface area contributed by atoms with Crippen molar-refractivity contribution in [2.75, 3.05) is 13.2 Å². The van der Waals surface area contributed by atoms with E-state index in [2.05, 4.69) is 10.3 Å². The lowest BCUT2D eigenvalue weighted by atomic mass is 10.1. The highest BCUT2D eigenvalue weighted by Gasteiger charge is 2.30. The molecule has 0 unspecified atom stereocenters. The fraction of sp³-hybridized carbons (Fsp3) is 0.500. The van der Waals surface area contributed by atoms with Gasteiger partial charge in [-0.2, -0.15) is 13.2 Å². The minimum Gasteiger partial charge on any atom is -0.492 e. The van der Waals surface area contributed by atoms with Crippen LogP contribution >= 0.6 is 0 Å². The van der Waals surface area contributed by atoms with E-state index in [9.17, 15) is 13.2 Å². The quantitative estimate of drug-likeness (QED) is 0.511. The normalized spacial score (nSPS) is 13.1. The lowest BCUT2D eigenvalue weighted by molar-refractivity contribution is -0.137. The first kappa shape index (κ1) is 17.1. The standard InChI is InChI=1S/C14H20F3N3O/c1-13(2,3)20-12(18)19-7-8-21-11-6-4-5-10(9-11)14(15,16)17/h4-6,9H,7-8H2,1-3H3,(H3,18,19,20). The molecule has 0 aliphatic heterocycles. The molecule has 7 heteroatoms. The zero-order valence-electron chi connectivity index (χ0n) is 12.3. The van der Waals surface area contributed by atoms with Crippen LogP contribution < -0.4 is 15.8 Å². The number of halogens is 3. The largest absolute Gasteiger partial charge is 0.492 e. The second kappa shape index (κ2) is 6.69. The van der Waals surface area contributed by atoms with Gasteiger partial charge in [0.2, 0.25) is 0 Å². The Morgan fingerprint density at radius 3 is 2.52 bits per heavy atom. The fourth-order valence-electron chi connectivity index (χ4n) is 1.52. The number of hydrogen-bond acceptors (Lipinski definition) is 2. The van der Waals surface area contributed by atoms with Crippen LogP contribution in [0, 0.1) is 0 Å². The van der Waals surface area contributed by atoms with Crippen molar-refractivity contribution in [3.63, 3.8) is 0 Å². The van der Waals surface area contributed by atoms with Gasteiger partial charge in [0.05, 0.1) is 12.1 Å². The van der Waals surface area contributed by atoms with E-state index in [1.54, 1.807) is 0 Å². The second-order valence-electron chi connectivity index (χ2n) is 5.52. The summed E-state index contributed by atoms with van der Waals surface area (Å²) in [6.45, 7) is 6.22. The molecule has 118 valence electrons. The van der Waals surface area contributed by atoms with Crippen LogP contribution in [0.1, 0.15) is 26.3 Å². The third kappa shape index (κ3) is 6.87. The van der Waals surface area contributed by atoms with Crippen molar-refractivity contribution >= 4 is 5.96 Å². The molecule has 0 radical (unpaired) electrons. The third-order valence-corrected chi connectivity index (χ3v) is 2.31. The highest BCUT2D eigenvalue weighted by Crippen LogP contribution is 2.31. The van der Waals surface area contributed by atoms with Crippen molar-refractivity contribution in [1.29, 1.82) is 0 Å². The van der Waals surface area contributed by atoms with Crippen LogP contribution in [0.25, 0.3) is 0 Å². The number of guanidine groups is 1. The Hall–Kier alpha value is -1.92. The van der Waals surface area contributed by atoms with Gasteiger partial charge >= 0.3 is 6.18 Å². The van der Waals surface area contributed by atoms with Crippen molar-refractivity contribution in [3.05, 3.63) is 29.8 Å². The molecule has 0 saturated carbocycles. The molecule has 21 heavy (non-hydrogen) atoms. The number of nitrogens with one attached hydrogen (secondary N) is 1. The summed E-state index contributed by atoms with van der Waals surface area (Å²) < 4.78 is 42.8. The Kier molecular flexibility index (Phi) is 5.46. The van der Waals surface area contributed by atoms with Crippen molar-refractivity contribution in [3.8, 4) is 5.75 Å². The molecule has 0 aliphatic carbocycles. The van der Waals surface area contributed by atoms with Gasteiger partial charge in [0.1, 0.15) is 12.4 Å². The molecule has 1 rings (SSSR count). The highest BCUT2D eigenvalue weighted by atomic mass is 19.4. The van der Waals surface area contributed by atoms with Crippen LogP contribution in [0.3, 0.4) is 0 Å². The van der Waals surface area contributed by atoms with Crippen molar-refractivity contribution < 1.29 is 17.9 Å². The Balaban J connectivity index is 2.48. The van der Waals surface area contributed by atoms with Gasteiger partial charge in [0.25, 0.3) is 0 Å². The molecular weight excluding hydrogens is 283 g/mol. The first-order valence-electron chi connectivity index (χ1n) is 6.46. The van der Waals surface area contributed by atoms with Crippen molar-refractivity contribution in [2.45, 2.75) is 32.5 Å². The Morgan fingerprint density at radius 2 is 1.95 bits per heavy atom. The van der Waals surface area contributed by atoms with E-state index in [1.807, 2.05) is 20.8 Å². The molecule has 0 saturated heterocycles. The number of alkyl halides is 3. The molecule has 0 fully saturated rings. The molecule has 0 spiro atoms. The maximum atomic E-state index is 12.5. The maximum Gasteiger partial charge on any atom is 0.416 e. The number of nitrogens with two attached hydrogens (primary N) is 1. The monoisotopic (exact) mass is 303 g/mol. The summed E-state index contributed by atoms with van der Waals surface area (Å²) in [5.41, 5.74) is 4.72. The smallest absolute Gasteiger partial charge is 0.416 e. The summed E-state index contributed by atoms with van der Waals surface area (Å²) in [5.74, 6) is 0.428. The van der Waals surface area contributed by atoms with Gasteiger partial charge in [-0.15, -0.1) is 0 Å². The summed E-state index contributed by atoms with van der Waals surface area (Å²) in [6, 6.07) is 4.73. The van der Waals surface area contributed by atoms with Crippen molar-refractivity contribution in [1.82, 2.24) is 5.32 Å². The van der Waals surface area contributed by atoms with E-state index in [-0.39, 0.29) is 30.4 Å². The van der Waals surface area contributed by atoms with Crippen LogP contribution in [0.4, 0.5) is 13.2 Å². The summed E-state index contributed by atoms with van der Waals surface area (Å²) in [4.78, 5) is 4.03. The first-order valence-corrected chi connectivity index (χ1v) is 6.46. The number of hydrogen-bond donors (Lipinski definition) is 2. The topological polar surface area (TPSA) is 59.6 Å². The number of aliphatic imine (C=N–C) groups is 1. The van der Waals surface area contributed by atoms with Crippen LogP contribution in [0.5, 0.6) is 5.75 Å². The number of ether oxygens (including phenoxy) is 1. The summed E-state index contributed by atoms with van der Waals surface area (Å²) >= 11 is 0. The molecule has 0 bridgehead atoms. The molecule has 0 aliphatic rings. The van der Waals surface area contributed by atoms with Gasteiger partial charge in [0.15, 0.2) is 5.96 Å². The van der Waals surface area contributed by atoms with E-state index < -0.39 is 11.7 Å². The van der Waals surface area contributed by atoms with Gasteiger partial charge in [-0.25, -0.2) is 4.99 Å². The Bertz CT molecular complexity index is 493. The number of benzene rings is 1. The zero-order chi connectivity index (χ0) is 16.1. The SMILES string of the molecule is CC(C)(C)NC(N)=NCCOc1cccc(C(F)(F)F)c1. The van der Waals surface area contributed by atoms with Crippen LogP contribution in [0.2, 0.25) is 0 Å². The van der Waals surface area contributed by atoms with Gasteiger partial charge in [-0.3, -0.25) is 0 Å². The molecule has 0 atom stereocenters. The van der Waals surface area contributed by atoms with E-state index in [0.29, 0.717) is 0 Å². The lowest BCUT2D eigenvalue weighted by Crippen LogP contribution is -2.45. The molecular formula is C14H20F3N3O. The molecule has 0 heterocycles. The fourth-order valence-corrected chi connectivity index (χ4v) is 1.52. The van der Waals surface area contributed by atoms with E-state index >= 15 is 0 Å². The minimum atomic E-state index is -4.38. The molecule has 1 aromatic carbocycles. The van der Waals surface area contributed by atoms with Crippen LogP contribution in [0.15, 0.2) is 29.3 Å². The van der Waals surface area contributed by atoms with Crippen molar-refractivity contribution in [2.24, 2.45) is 10.7 Å². The summed E-state index contributed by atoms with van der Waals surface area (Å²) in [6.07, 6.45) is -4.38. The van der Waals surface area contributed by atoms with E-state index in [1.165, 1.54) is 12.1 Å². The predicted molar refractivity (Wildman–Crippen MR) is 76.3 cm³/mol. The molecule has 1 aromatic rings. The zero-order valence-corrected chi connectivity index (χ0v) is 12.3. The van der Waals surface area contributed by atoms with Gasteiger partial charge in [-0.05, 0) is 39.0 Å². The molecule has 3 N–H and O–H groups in total. The predicted octanol–water partition coefficient (Wildman–Crippen LogP) is 2.79. The minimum absolute atomic E-state index is 0.147. The molecule has 0 amide bonds. The van der Waals surface area contributed by atoms with Gasteiger partial charge in [0, 0.05) is 5.54 Å². The maximum absolute atomic E-state index is 12.5. The van der Waals surface area contributed by atoms with Gasteiger partial charge < -0.3 is 15.8 Å². The lowest BCUT2D eigenvalue weighted by Gasteiger charge is -2.20. The van der Waals surface area contributed by atoms with Gasteiger partial charge in [-0.1, -0.05) is 6.07 Å². The summed E-state index contributed by atoms with van der Waals surface area (Å²) in [7, 11) is 0. The van der Waals surface area contributed by atoms with Crippen LogP contribution in [-0.4, -0.2) is 24.7 Å². The first-order chi connectivity index (χ1) is 9.58. The Morgan fingerprint density at radius 1 is 1.29 bits per heavy atom. The third-order valence-electron chi connectivity index (χ3n) is 2.31. The molecule has 4 nitrogen and oxygen atoms in total. The average Bonchev–Trinajstić information content (AvgIpc) is 2.32. The van der Waals surface area contributed by atoms with Crippen LogP contribution in [-0.2, 0) is 6.18 Å².